The fourth-order valence-corrected chi connectivity index (χ4v) is 4.02. The third-order valence-electron chi connectivity index (χ3n) is 5.08. The van der Waals surface area contributed by atoms with Crippen molar-refractivity contribution in [1.82, 2.24) is 10.2 Å². The lowest BCUT2D eigenvalue weighted by atomic mass is 9.94. The Bertz CT molecular complexity index is 257. The summed E-state index contributed by atoms with van der Waals surface area (Å²) in [6, 6.07) is 0. The first kappa shape index (κ1) is 12.9. The van der Waals surface area contributed by atoms with Crippen LogP contribution in [0.3, 0.4) is 0 Å². The fraction of sp³-hybridized carbons (Fsp3) is 1.00. The molecule has 0 unspecified atom stereocenters. The van der Waals surface area contributed by atoms with E-state index in [-0.39, 0.29) is 0 Å². The summed E-state index contributed by atoms with van der Waals surface area (Å²) in [6.07, 6.45) is 11.5. The van der Waals surface area contributed by atoms with Crippen LogP contribution in [0.4, 0.5) is 0 Å². The molecule has 2 aliphatic carbocycles. The predicted octanol–water partition coefficient (Wildman–Crippen LogP) is 2.16. The second-order valence-electron chi connectivity index (χ2n) is 6.47. The van der Waals surface area contributed by atoms with Crippen molar-refractivity contribution in [2.45, 2.75) is 63.0 Å². The van der Waals surface area contributed by atoms with Gasteiger partial charge in [-0.15, -0.1) is 0 Å². The molecule has 104 valence electrons. The number of ether oxygens (including phenoxy) is 1. The van der Waals surface area contributed by atoms with E-state index in [1.165, 1.54) is 71.0 Å². The fourth-order valence-electron chi connectivity index (χ4n) is 4.02. The van der Waals surface area contributed by atoms with E-state index in [2.05, 4.69) is 10.2 Å². The average molecular weight is 252 g/mol. The normalized spacial score (nSPS) is 29.3. The van der Waals surface area contributed by atoms with Gasteiger partial charge in [0.05, 0.1) is 12.7 Å². The predicted molar refractivity (Wildman–Crippen MR) is 73.8 cm³/mol. The standard InChI is InChI=1S/C15H28N2O/c1-2-6-14(5-1)18-12-11-17-10-9-16-15(13-17)7-3-4-8-15/h14,16H,1-13H2. The lowest BCUT2D eigenvalue weighted by Gasteiger charge is -2.41. The maximum absolute atomic E-state index is 5.99. The molecule has 0 aromatic rings. The second-order valence-corrected chi connectivity index (χ2v) is 6.47. The van der Waals surface area contributed by atoms with Gasteiger partial charge in [-0.05, 0) is 25.7 Å². The first-order valence-corrected chi connectivity index (χ1v) is 7.95. The largest absolute Gasteiger partial charge is 0.377 e. The van der Waals surface area contributed by atoms with Crippen LogP contribution in [-0.4, -0.2) is 49.3 Å². The summed E-state index contributed by atoms with van der Waals surface area (Å²) in [5, 5.41) is 3.77. The van der Waals surface area contributed by atoms with Gasteiger partial charge >= 0.3 is 0 Å². The van der Waals surface area contributed by atoms with Crippen molar-refractivity contribution < 1.29 is 4.74 Å². The van der Waals surface area contributed by atoms with Gasteiger partial charge in [-0.1, -0.05) is 25.7 Å². The molecule has 0 aromatic heterocycles. The maximum Gasteiger partial charge on any atom is 0.0597 e. The zero-order valence-electron chi connectivity index (χ0n) is 11.6. The average Bonchev–Trinajstić information content (AvgIpc) is 3.02. The minimum absolute atomic E-state index is 0.464. The van der Waals surface area contributed by atoms with Gasteiger partial charge in [-0.3, -0.25) is 4.90 Å². The molecule has 1 aliphatic heterocycles. The highest BCUT2D eigenvalue weighted by Crippen LogP contribution is 2.31. The molecule has 0 atom stereocenters. The van der Waals surface area contributed by atoms with Crippen LogP contribution in [0.15, 0.2) is 0 Å². The molecule has 3 heteroatoms. The summed E-state index contributed by atoms with van der Waals surface area (Å²) in [4.78, 5) is 2.62. The number of nitrogens with one attached hydrogen (secondary N) is 1. The molecule has 3 rings (SSSR count). The van der Waals surface area contributed by atoms with Crippen molar-refractivity contribution in [3.63, 3.8) is 0 Å². The number of hydrogen-bond acceptors (Lipinski definition) is 3. The van der Waals surface area contributed by atoms with E-state index in [9.17, 15) is 0 Å². The van der Waals surface area contributed by atoms with Crippen LogP contribution in [0, 0.1) is 0 Å². The zero-order chi connectivity index (χ0) is 12.3. The number of rotatable bonds is 4. The van der Waals surface area contributed by atoms with Gasteiger partial charge in [0.2, 0.25) is 0 Å². The summed E-state index contributed by atoms with van der Waals surface area (Å²) in [5.41, 5.74) is 0.464. The molecule has 1 spiro atoms. The van der Waals surface area contributed by atoms with E-state index < -0.39 is 0 Å². The summed E-state index contributed by atoms with van der Waals surface area (Å²) < 4.78 is 5.99. The Morgan fingerprint density at radius 1 is 1.11 bits per heavy atom. The molecule has 0 amide bonds. The Morgan fingerprint density at radius 3 is 2.67 bits per heavy atom. The Morgan fingerprint density at radius 2 is 1.89 bits per heavy atom. The van der Waals surface area contributed by atoms with Gasteiger partial charge in [0.1, 0.15) is 0 Å². The molecular formula is C15H28N2O. The van der Waals surface area contributed by atoms with E-state index in [1.807, 2.05) is 0 Å². The van der Waals surface area contributed by atoms with Crippen molar-refractivity contribution in [3.8, 4) is 0 Å². The molecule has 0 radical (unpaired) electrons. The minimum atomic E-state index is 0.464. The quantitative estimate of drug-likeness (QED) is 0.830. The summed E-state index contributed by atoms with van der Waals surface area (Å²) in [5.74, 6) is 0. The first-order chi connectivity index (χ1) is 8.86. The lowest BCUT2D eigenvalue weighted by Crippen LogP contribution is -2.59. The van der Waals surface area contributed by atoms with Gasteiger partial charge in [-0.2, -0.15) is 0 Å². The summed E-state index contributed by atoms with van der Waals surface area (Å²) in [7, 11) is 0. The maximum atomic E-state index is 5.99. The molecule has 3 aliphatic rings. The van der Waals surface area contributed by atoms with Crippen molar-refractivity contribution in [2.75, 3.05) is 32.8 Å². The highest BCUT2D eigenvalue weighted by Gasteiger charge is 2.37. The van der Waals surface area contributed by atoms with Crippen LogP contribution in [-0.2, 0) is 4.74 Å². The van der Waals surface area contributed by atoms with Crippen molar-refractivity contribution in [2.24, 2.45) is 0 Å². The van der Waals surface area contributed by atoms with Gasteiger partial charge < -0.3 is 10.1 Å². The van der Waals surface area contributed by atoms with Crippen molar-refractivity contribution in [1.29, 1.82) is 0 Å². The zero-order valence-corrected chi connectivity index (χ0v) is 11.6. The topological polar surface area (TPSA) is 24.5 Å². The third-order valence-corrected chi connectivity index (χ3v) is 5.08. The van der Waals surface area contributed by atoms with Crippen LogP contribution in [0.25, 0.3) is 0 Å². The van der Waals surface area contributed by atoms with Gasteiger partial charge in [0.15, 0.2) is 0 Å². The van der Waals surface area contributed by atoms with E-state index >= 15 is 0 Å². The second kappa shape index (κ2) is 5.89. The Kier molecular flexibility index (Phi) is 4.22. The van der Waals surface area contributed by atoms with E-state index in [0.29, 0.717) is 11.6 Å². The molecule has 18 heavy (non-hydrogen) atoms. The van der Waals surface area contributed by atoms with Crippen LogP contribution < -0.4 is 5.32 Å². The number of piperazine rings is 1. The van der Waals surface area contributed by atoms with Gasteiger partial charge in [0, 0.05) is 31.7 Å². The van der Waals surface area contributed by atoms with Crippen LogP contribution >= 0.6 is 0 Å². The van der Waals surface area contributed by atoms with E-state index in [1.54, 1.807) is 0 Å². The minimum Gasteiger partial charge on any atom is -0.377 e. The molecular weight excluding hydrogens is 224 g/mol. The third kappa shape index (κ3) is 3.06. The number of hydrogen-bond donors (Lipinski definition) is 1. The molecule has 1 N–H and O–H groups in total. The van der Waals surface area contributed by atoms with Crippen molar-refractivity contribution >= 4 is 0 Å². The van der Waals surface area contributed by atoms with Crippen LogP contribution in [0.2, 0.25) is 0 Å². The molecule has 3 nitrogen and oxygen atoms in total. The Labute approximate surface area is 111 Å². The first-order valence-electron chi connectivity index (χ1n) is 7.95. The molecule has 0 bridgehead atoms. The van der Waals surface area contributed by atoms with Crippen molar-refractivity contribution in [3.05, 3.63) is 0 Å². The highest BCUT2D eigenvalue weighted by molar-refractivity contribution is 4.98. The highest BCUT2D eigenvalue weighted by atomic mass is 16.5. The van der Waals surface area contributed by atoms with Crippen LogP contribution in [0.1, 0.15) is 51.4 Å². The SMILES string of the molecule is C1CCC(OCCN2CCNC3(CCCC3)C2)C1. The Balaban J connectivity index is 1.39. The monoisotopic (exact) mass is 252 g/mol. The molecule has 1 saturated heterocycles. The molecule has 0 aromatic carbocycles. The molecule has 2 saturated carbocycles. The summed E-state index contributed by atoms with van der Waals surface area (Å²) >= 11 is 0. The van der Waals surface area contributed by atoms with Gasteiger partial charge in [-0.25, -0.2) is 0 Å². The number of nitrogens with zero attached hydrogens (tertiary/aromatic N) is 1. The van der Waals surface area contributed by atoms with Crippen LogP contribution in [0.5, 0.6) is 0 Å². The molecule has 3 fully saturated rings. The smallest absolute Gasteiger partial charge is 0.0597 e. The van der Waals surface area contributed by atoms with E-state index in [4.69, 9.17) is 4.74 Å². The summed E-state index contributed by atoms with van der Waals surface area (Å²) in [6.45, 7) is 5.71. The Hall–Kier alpha value is -0.120. The lowest BCUT2D eigenvalue weighted by molar-refractivity contribution is 0.0295. The van der Waals surface area contributed by atoms with Gasteiger partial charge in [0.25, 0.3) is 0 Å². The molecule has 1 heterocycles. The van der Waals surface area contributed by atoms with E-state index in [0.717, 1.165) is 13.2 Å².